The van der Waals surface area contributed by atoms with Crippen LogP contribution in [0.2, 0.25) is 0 Å². The fourth-order valence-electron chi connectivity index (χ4n) is 3.19. The van der Waals surface area contributed by atoms with E-state index >= 15 is 0 Å². The van der Waals surface area contributed by atoms with E-state index in [1.54, 1.807) is 0 Å². The summed E-state index contributed by atoms with van der Waals surface area (Å²) in [6.45, 7) is 1.35. The third kappa shape index (κ3) is 4.69. The Bertz CT molecular complexity index is 497. The first-order chi connectivity index (χ1) is 9.87. The van der Waals surface area contributed by atoms with Crippen molar-refractivity contribution in [3.63, 3.8) is 0 Å². The summed E-state index contributed by atoms with van der Waals surface area (Å²) in [5.41, 5.74) is 0. The summed E-state index contributed by atoms with van der Waals surface area (Å²) < 4.78 is 23.1. The molecule has 1 N–H and O–H groups in total. The molecule has 6 nitrogen and oxygen atoms in total. The molecule has 2 fully saturated rings. The van der Waals surface area contributed by atoms with Crippen LogP contribution in [-0.4, -0.2) is 55.3 Å². The molecule has 1 aliphatic heterocycles. The highest BCUT2D eigenvalue weighted by Crippen LogP contribution is 2.19. The van der Waals surface area contributed by atoms with Gasteiger partial charge in [-0.05, 0) is 19.3 Å². The second-order valence-electron chi connectivity index (χ2n) is 6.11. The molecule has 21 heavy (non-hydrogen) atoms. The lowest BCUT2D eigenvalue weighted by Gasteiger charge is -2.28. The number of sulfone groups is 1. The molecule has 1 aliphatic carbocycles. The molecule has 120 valence electrons. The zero-order valence-electron chi connectivity index (χ0n) is 12.5. The molecule has 0 spiro atoms. The van der Waals surface area contributed by atoms with Crippen LogP contribution < -0.4 is 5.32 Å². The van der Waals surface area contributed by atoms with Crippen LogP contribution in [0.15, 0.2) is 0 Å². The van der Waals surface area contributed by atoms with E-state index in [0.29, 0.717) is 6.42 Å². The van der Waals surface area contributed by atoms with E-state index in [2.05, 4.69) is 5.32 Å². The average molecular weight is 316 g/mol. The smallest absolute Gasteiger partial charge is 0.239 e. The van der Waals surface area contributed by atoms with Crippen LogP contribution >= 0.6 is 0 Å². The second-order valence-corrected chi connectivity index (χ2v) is 8.33. The van der Waals surface area contributed by atoms with Crippen molar-refractivity contribution in [2.24, 2.45) is 0 Å². The largest absolute Gasteiger partial charge is 0.352 e. The molecule has 1 atom stereocenters. The van der Waals surface area contributed by atoms with E-state index in [1.807, 2.05) is 0 Å². The Morgan fingerprint density at radius 2 is 1.81 bits per heavy atom. The Kier molecular flexibility index (Phi) is 5.24. The maximum atomic E-state index is 12.1. The Morgan fingerprint density at radius 1 is 1.14 bits per heavy atom. The van der Waals surface area contributed by atoms with E-state index in [1.165, 1.54) is 18.2 Å². The van der Waals surface area contributed by atoms with E-state index < -0.39 is 9.84 Å². The van der Waals surface area contributed by atoms with Crippen molar-refractivity contribution in [1.29, 1.82) is 0 Å². The summed E-state index contributed by atoms with van der Waals surface area (Å²) in [7, 11) is -3.06. The van der Waals surface area contributed by atoms with Gasteiger partial charge in [-0.3, -0.25) is 9.59 Å². The number of nitrogens with zero attached hydrogens (tertiary/aromatic N) is 1. The van der Waals surface area contributed by atoms with Gasteiger partial charge in [0.2, 0.25) is 11.8 Å². The van der Waals surface area contributed by atoms with E-state index in [-0.39, 0.29) is 41.9 Å². The second kappa shape index (κ2) is 6.77. The molecule has 1 unspecified atom stereocenters. The first-order valence-electron chi connectivity index (χ1n) is 7.64. The predicted molar refractivity (Wildman–Crippen MR) is 79.5 cm³/mol. The van der Waals surface area contributed by atoms with E-state index in [4.69, 9.17) is 0 Å². The maximum Gasteiger partial charge on any atom is 0.239 e. The number of hydrogen-bond acceptors (Lipinski definition) is 4. The van der Waals surface area contributed by atoms with Gasteiger partial charge in [0.05, 0.1) is 18.1 Å². The molecule has 0 radical (unpaired) electrons. The van der Waals surface area contributed by atoms with Crippen molar-refractivity contribution in [3.05, 3.63) is 0 Å². The van der Waals surface area contributed by atoms with Crippen molar-refractivity contribution in [3.8, 4) is 0 Å². The number of hydrogen-bond donors (Lipinski definition) is 1. The maximum absolute atomic E-state index is 12.1. The monoisotopic (exact) mass is 316 g/mol. The molecule has 1 saturated heterocycles. The standard InChI is InChI=1S/C14H24N2O4S/c1-11(17)16(13-7-8-21(19,20)10-13)9-14(18)15-12-5-3-2-4-6-12/h12-13H,2-10H2,1H3,(H,15,18). The topological polar surface area (TPSA) is 83.6 Å². The minimum Gasteiger partial charge on any atom is -0.352 e. The predicted octanol–water partition coefficient (Wildman–Crippen LogP) is 0.471. The van der Waals surface area contributed by atoms with E-state index in [9.17, 15) is 18.0 Å². The van der Waals surface area contributed by atoms with Crippen molar-refractivity contribution >= 4 is 21.7 Å². The zero-order chi connectivity index (χ0) is 15.5. The molecule has 0 aromatic heterocycles. The Labute approximate surface area is 126 Å². The van der Waals surface area contributed by atoms with Gasteiger partial charge < -0.3 is 10.2 Å². The van der Waals surface area contributed by atoms with Gasteiger partial charge in [0.25, 0.3) is 0 Å². The van der Waals surface area contributed by atoms with Gasteiger partial charge in [-0.25, -0.2) is 8.42 Å². The first-order valence-corrected chi connectivity index (χ1v) is 9.46. The lowest BCUT2D eigenvalue weighted by molar-refractivity contribution is -0.136. The minimum absolute atomic E-state index is 0.0245. The van der Waals surface area contributed by atoms with Gasteiger partial charge in [-0.2, -0.15) is 0 Å². The highest BCUT2D eigenvalue weighted by Gasteiger charge is 2.34. The summed E-state index contributed by atoms with van der Waals surface area (Å²) in [6.07, 6.45) is 5.88. The van der Waals surface area contributed by atoms with Crippen LogP contribution in [0.25, 0.3) is 0 Å². The van der Waals surface area contributed by atoms with Gasteiger partial charge in [0, 0.05) is 19.0 Å². The SMILES string of the molecule is CC(=O)N(CC(=O)NC1CCCCC1)C1CCS(=O)(=O)C1. The molecule has 1 saturated carbocycles. The molecule has 7 heteroatoms. The van der Waals surface area contributed by atoms with Crippen LogP contribution in [-0.2, 0) is 19.4 Å². The van der Waals surface area contributed by atoms with Crippen LogP contribution in [0, 0.1) is 0 Å². The Balaban J connectivity index is 1.90. The zero-order valence-corrected chi connectivity index (χ0v) is 13.3. The third-order valence-corrected chi connectivity index (χ3v) is 6.09. The van der Waals surface area contributed by atoms with Gasteiger partial charge in [0.1, 0.15) is 0 Å². The van der Waals surface area contributed by atoms with Gasteiger partial charge in [0.15, 0.2) is 9.84 Å². The molecular weight excluding hydrogens is 292 g/mol. The molecule has 2 amide bonds. The van der Waals surface area contributed by atoms with Crippen LogP contribution in [0.3, 0.4) is 0 Å². The van der Waals surface area contributed by atoms with Gasteiger partial charge >= 0.3 is 0 Å². The molecule has 1 heterocycles. The lowest BCUT2D eigenvalue weighted by Crippen LogP contribution is -2.48. The molecule has 2 aliphatic rings. The Morgan fingerprint density at radius 3 is 2.33 bits per heavy atom. The Hall–Kier alpha value is -1.11. The number of carbonyl (C=O) groups is 2. The van der Waals surface area contributed by atoms with Crippen molar-refractivity contribution < 1.29 is 18.0 Å². The summed E-state index contributed by atoms with van der Waals surface area (Å²) in [5.74, 6) is -0.341. The molecule has 0 aromatic rings. The van der Waals surface area contributed by atoms with E-state index in [0.717, 1.165) is 25.7 Å². The van der Waals surface area contributed by atoms with Crippen LogP contribution in [0.1, 0.15) is 45.4 Å². The fraction of sp³-hybridized carbons (Fsp3) is 0.857. The summed E-state index contributed by atoms with van der Waals surface area (Å²) in [5, 5.41) is 2.97. The molecule has 2 rings (SSSR count). The number of nitrogens with one attached hydrogen (secondary N) is 1. The number of carbonyl (C=O) groups excluding carboxylic acids is 2. The summed E-state index contributed by atoms with van der Waals surface area (Å²) in [4.78, 5) is 25.2. The summed E-state index contributed by atoms with van der Waals surface area (Å²) >= 11 is 0. The first kappa shape index (κ1) is 16.3. The van der Waals surface area contributed by atoms with Gasteiger partial charge in [-0.1, -0.05) is 19.3 Å². The highest BCUT2D eigenvalue weighted by molar-refractivity contribution is 7.91. The van der Waals surface area contributed by atoms with Crippen molar-refractivity contribution in [2.75, 3.05) is 18.1 Å². The number of amides is 2. The average Bonchev–Trinajstić information content (AvgIpc) is 2.77. The highest BCUT2D eigenvalue weighted by atomic mass is 32.2. The minimum atomic E-state index is -3.06. The van der Waals surface area contributed by atoms with Crippen molar-refractivity contribution in [1.82, 2.24) is 10.2 Å². The number of rotatable bonds is 4. The molecule has 0 aromatic carbocycles. The van der Waals surface area contributed by atoms with Crippen LogP contribution in [0.4, 0.5) is 0 Å². The van der Waals surface area contributed by atoms with Crippen molar-refractivity contribution in [2.45, 2.75) is 57.5 Å². The lowest BCUT2D eigenvalue weighted by atomic mass is 9.95. The molecule has 0 bridgehead atoms. The third-order valence-electron chi connectivity index (χ3n) is 4.34. The van der Waals surface area contributed by atoms with Gasteiger partial charge in [-0.15, -0.1) is 0 Å². The quantitative estimate of drug-likeness (QED) is 0.817. The van der Waals surface area contributed by atoms with Crippen LogP contribution in [0.5, 0.6) is 0 Å². The fourth-order valence-corrected chi connectivity index (χ4v) is 4.92. The normalized spacial score (nSPS) is 25.5. The molecular formula is C14H24N2O4S. The summed E-state index contributed by atoms with van der Waals surface area (Å²) in [6, 6.07) is -0.156.